The molecule has 1 atom stereocenters. The Morgan fingerprint density at radius 3 is 2.42 bits per heavy atom. The van der Waals surface area contributed by atoms with Crippen LogP contribution in [0.3, 0.4) is 0 Å². The van der Waals surface area contributed by atoms with Crippen LogP contribution in [0.15, 0.2) is 77.7 Å². The SMILES string of the molecule is COc1ccc(S(=O)(=O)N2CCCc3cc(NC(=O)C(C)Oc4ccccc4)ccc32)cc1. The number of carbonyl (C=O) groups excluding carboxylic acids is 1. The van der Waals surface area contributed by atoms with Crippen LogP contribution in [0, 0.1) is 0 Å². The van der Waals surface area contributed by atoms with E-state index in [4.69, 9.17) is 9.47 Å². The third-order valence-corrected chi connectivity index (χ3v) is 7.32. The third-order valence-electron chi connectivity index (χ3n) is 5.50. The Kier molecular flexibility index (Phi) is 6.55. The zero-order chi connectivity index (χ0) is 23.4. The highest BCUT2D eigenvalue weighted by molar-refractivity contribution is 7.92. The van der Waals surface area contributed by atoms with Gasteiger partial charge in [0.25, 0.3) is 15.9 Å². The first-order chi connectivity index (χ1) is 15.9. The molecule has 1 amide bonds. The monoisotopic (exact) mass is 466 g/mol. The molecular formula is C25H26N2O5S. The van der Waals surface area contributed by atoms with Crippen molar-refractivity contribution in [3.05, 3.63) is 78.4 Å². The molecule has 1 aliphatic heterocycles. The summed E-state index contributed by atoms with van der Waals surface area (Å²) in [6, 6.07) is 20.8. The van der Waals surface area contributed by atoms with E-state index in [0.717, 1.165) is 12.0 Å². The van der Waals surface area contributed by atoms with Crippen LogP contribution in [-0.2, 0) is 21.2 Å². The van der Waals surface area contributed by atoms with Crippen LogP contribution in [0.1, 0.15) is 18.9 Å². The normalized spacial score (nSPS) is 14.2. The zero-order valence-corrected chi connectivity index (χ0v) is 19.3. The maximum atomic E-state index is 13.3. The first kappa shape index (κ1) is 22.7. The summed E-state index contributed by atoms with van der Waals surface area (Å²) in [4.78, 5) is 12.8. The molecule has 1 N–H and O–H groups in total. The molecule has 0 bridgehead atoms. The predicted molar refractivity (Wildman–Crippen MR) is 127 cm³/mol. The molecule has 0 saturated carbocycles. The highest BCUT2D eigenvalue weighted by atomic mass is 32.2. The van der Waals surface area contributed by atoms with Gasteiger partial charge < -0.3 is 14.8 Å². The zero-order valence-electron chi connectivity index (χ0n) is 18.5. The first-order valence-electron chi connectivity index (χ1n) is 10.7. The Morgan fingerprint density at radius 1 is 1.00 bits per heavy atom. The van der Waals surface area contributed by atoms with Crippen LogP contribution in [-0.4, -0.2) is 34.1 Å². The second-order valence-electron chi connectivity index (χ2n) is 7.76. The Balaban J connectivity index is 1.51. The molecule has 4 rings (SSSR count). The van der Waals surface area contributed by atoms with Crippen LogP contribution in [0.4, 0.5) is 11.4 Å². The fourth-order valence-electron chi connectivity index (χ4n) is 3.77. The molecule has 0 spiro atoms. The van der Waals surface area contributed by atoms with Gasteiger partial charge in [-0.05, 0) is 79.9 Å². The molecule has 7 nitrogen and oxygen atoms in total. The highest BCUT2D eigenvalue weighted by Crippen LogP contribution is 2.34. The molecule has 0 fully saturated rings. The number of nitrogens with one attached hydrogen (secondary N) is 1. The van der Waals surface area contributed by atoms with Crippen molar-refractivity contribution in [2.45, 2.75) is 30.8 Å². The summed E-state index contributed by atoms with van der Waals surface area (Å²) in [6.07, 6.45) is 0.729. The lowest BCUT2D eigenvalue weighted by molar-refractivity contribution is -0.122. The fraction of sp³-hybridized carbons (Fsp3) is 0.240. The number of aryl methyl sites for hydroxylation is 1. The second kappa shape index (κ2) is 9.54. The number of methoxy groups -OCH3 is 1. The number of rotatable bonds is 7. The van der Waals surface area contributed by atoms with Crippen molar-refractivity contribution in [3.8, 4) is 11.5 Å². The van der Waals surface area contributed by atoms with Crippen molar-refractivity contribution in [1.29, 1.82) is 0 Å². The van der Waals surface area contributed by atoms with E-state index in [1.807, 2.05) is 24.3 Å². The molecule has 1 heterocycles. The standard InChI is InChI=1S/C25H26N2O5S/c1-18(32-22-8-4-3-5-9-22)25(28)26-20-10-15-24-19(17-20)7-6-16-27(24)33(29,30)23-13-11-21(31-2)12-14-23/h3-5,8-15,17-18H,6-7,16H2,1-2H3,(H,26,28). The Bertz CT molecular complexity index is 1230. The van der Waals surface area contributed by atoms with Crippen LogP contribution >= 0.6 is 0 Å². The molecule has 0 aromatic heterocycles. The van der Waals surface area contributed by atoms with Gasteiger partial charge in [0.05, 0.1) is 17.7 Å². The number of carbonyl (C=O) groups is 1. The summed E-state index contributed by atoms with van der Waals surface area (Å²) in [7, 11) is -2.18. The number of fused-ring (bicyclic) bond motifs is 1. The van der Waals surface area contributed by atoms with Gasteiger partial charge in [0.1, 0.15) is 11.5 Å². The number of hydrogen-bond donors (Lipinski definition) is 1. The lowest BCUT2D eigenvalue weighted by atomic mass is 10.0. The van der Waals surface area contributed by atoms with E-state index in [9.17, 15) is 13.2 Å². The van der Waals surface area contributed by atoms with Gasteiger partial charge in [-0.2, -0.15) is 0 Å². The van der Waals surface area contributed by atoms with E-state index in [2.05, 4.69) is 5.32 Å². The summed E-state index contributed by atoms with van der Waals surface area (Å²) in [6.45, 7) is 2.08. The molecule has 3 aromatic carbocycles. The number of hydrogen-bond acceptors (Lipinski definition) is 5. The van der Waals surface area contributed by atoms with Crippen molar-refractivity contribution >= 4 is 27.3 Å². The fourth-order valence-corrected chi connectivity index (χ4v) is 5.31. The average molecular weight is 467 g/mol. The smallest absolute Gasteiger partial charge is 0.265 e. The second-order valence-corrected chi connectivity index (χ2v) is 9.62. The number of ether oxygens (including phenoxy) is 2. The lowest BCUT2D eigenvalue weighted by Crippen LogP contribution is -2.35. The lowest BCUT2D eigenvalue weighted by Gasteiger charge is -2.31. The summed E-state index contributed by atoms with van der Waals surface area (Å²) in [5.41, 5.74) is 2.10. The van der Waals surface area contributed by atoms with Crippen molar-refractivity contribution < 1.29 is 22.7 Å². The number of para-hydroxylation sites is 1. The van der Waals surface area contributed by atoms with E-state index in [0.29, 0.717) is 35.8 Å². The van der Waals surface area contributed by atoms with E-state index in [1.54, 1.807) is 55.5 Å². The predicted octanol–water partition coefficient (Wildman–Crippen LogP) is 4.24. The molecule has 172 valence electrons. The minimum absolute atomic E-state index is 0.209. The van der Waals surface area contributed by atoms with Gasteiger partial charge in [0.2, 0.25) is 0 Å². The summed E-state index contributed by atoms with van der Waals surface area (Å²) >= 11 is 0. The van der Waals surface area contributed by atoms with Crippen LogP contribution in [0.25, 0.3) is 0 Å². The molecule has 1 aliphatic rings. The van der Waals surface area contributed by atoms with Crippen LogP contribution in [0.5, 0.6) is 11.5 Å². The number of sulfonamides is 1. The minimum Gasteiger partial charge on any atom is -0.497 e. The van der Waals surface area contributed by atoms with E-state index < -0.39 is 16.1 Å². The van der Waals surface area contributed by atoms with Gasteiger partial charge in [0.15, 0.2) is 6.10 Å². The molecule has 0 aliphatic carbocycles. The van der Waals surface area contributed by atoms with E-state index in [1.165, 1.54) is 11.4 Å². The number of nitrogens with zero attached hydrogens (tertiary/aromatic N) is 1. The van der Waals surface area contributed by atoms with Gasteiger partial charge >= 0.3 is 0 Å². The van der Waals surface area contributed by atoms with Gasteiger partial charge in [-0.1, -0.05) is 18.2 Å². The van der Waals surface area contributed by atoms with Gasteiger partial charge in [-0.25, -0.2) is 8.42 Å². The molecule has 0 radical (unpaired) electrons. The topological polar surface area (TPSA) is 84.9 Å². The van der Waals surface area contributed by atoms with Crippen molar-refractivity contribution in [2.24, 2.45) is 0 Å². The summed E-state index contributed by atoms with van der Waals surface area (Å²) < 4.78 is 38.8. The minimum atomic E-state index is -3.71. The first-order valence-corrected chi connectivity index (χ1v) is 12.1. The van der Waals surface area contributed by atoms with Crippen molar-refractivity contribution in [2.75, 3.05) is 23.3 Å². The largest absolute Gasteiger partial charge is 0.497 e. The quantitative estimate of drug-likeness (QED) is 0.563. The van der Waals surface area contributed by atoms with Gasteiger partial charge in [-0.3, -0.25) is 9.10 Å². The van der Waals surface area contributed by atoms with Crippen molar-refractivity contribution in [1.82, 2.24) is 0 Å². The summed E-state index contributed by atoms with van der Waals surface area (Å²) in [5, 5.41) is 2.86. The van der Waals surface area contributed by atoms with Gasteiger partial charge in [-0.15, -0.1) is 0 Å². The average Bonchev–Trinajstić information content (AvgIpc) is 2.84. The molecule has 1 unspecified atom stereocenters. The van der Waals surface area contributed by atoms with E-state index >= 15 is 0 Å². The Morgan fingerprint density at radius 2 is 1.73 bits per heavy atom. The van der Waals surface area contributed by atoms with Crippen LogP contribution < -0.4 is 19.1 Å². The molecule has 33 heavy (non-hydrogen) atoms. The maximum absolute atomic E-state index is 13.3. The molecule has 3 aromatic rings. The molecule has 0 saturated heterocycles. The number of benzene rings is 3. The number of anilines is 2. The molecule has 8 heteroatoms. The Hall–Kier alpha value is -3.52. The molecular weight excluding hydrogens is 440 g/mol. The van der Waals surface area contributed by atoms with E-state index in [-0.39, 0.29) is 10.8 Å². The van der Waals surface area contributed by atoms with Gasteiger partial charge in [0, 0.05) is 12.2 Å². The van der Waals surface area contributed by atoms with Crippen molar-refractivity contribution in [3.63, 3.8) is 0 Å². The highest BCUT2D eigenvalue weighted by Gasteiger charge is 2.29. The third kappa shape index (κ3) is 4.96. The summed E-state index contributed by atoms with van der Waals surface area (Å²) in [5.74, 6) is 0.932. The maximum Gasteiger partial charge on any atom is 0.265 e. The number of amides is 1. The van der Waals surface area contributed by atoms with Crippen LogP contribution in [0.2, 0.25) is 0 Å². The Labute approximate surface area is 194 Å².